The van der Waals surface area contributed by atoms with E-state index in [2.05, 4.69) is 17.4 Å². The molecule has 30 heavy (non-hydrogen) atoms. The number of likely N-dealkylation sites (N-methyl/N-ethyl adjacent to an activating group) is 1. The summed E-state index contributed by atoms with van der Waals surface area (Å²) in [5, 5.41) is 2.88. The average Bonchev–Trinajstić information content (AvgIpc) is 2.78. The molecule has 0 radical (unpaired) electrons. The average molecular weight is 437 g/mol. The summed E-state index contributed by atoms with van der Waals surface area (Å²) in [4.78, 5) is 28.7. The highest BCUT2D eigenvalue weighted by atomic mass is 32.2. The van der Waals surface area contributed by atoms with Gasteiger partial charge in [-0.15, -0.1) is 23.5 Å². The van der Waals surface area contributed by atoms with E-state index in [0.717, 1.165) is 21.9 Å². The molecule has 3 aromatic carbocycles. The molecule has 2 amide bonds. The number of carbonyl (C=O) groups is 2. The van der Waals surface area contributed by atoms with E-state index >= 15 is 0 Å². The smallest absolute Gasteiger partial charge is 0.254 e. The third-order valence-corrected chi connectivity index (χ3v) is 6.34. The third-order valence-electron chi connectivity index (χ3n) is 4.46. The molecule has 0 unspecified atom stereocenters. The van der Waals surface area contributed by atoms with Gasteiger partial charge in [0.25, 0.3) is 5.91 Å². The number of hydrogen-bond donors (Lipinski definition) is 1. The van der Waals surface area contributed by atoms with Crippen LogP contribution in [0.3, 0.4) is 0 Å². The van der Waals surface area contributed by atoms with Gasteiger partial charge in [-0.1, -0.05) is 42.5 Å². The molecular weight excluding hydrogens is 412 g/mol. The van der Waals surface area contributed by atoms with E-state index in [1.165, 1.54) is 9.80 Å². The molecule has 1 N–H and O–H groups in total. The van der Waals surface area contributed by atoms with Gasteiger partial charge in [-0.3, -0.25) is 9.59 Å². The Labute approximate surface area is 186 Å². The lowest BCUT2D eigenvalue weighted by Crippen LogP contribution is -2.35. The summed E-state index contributed by atoms with van der Waals surface area (Å²) >= 11 is 3.32. The van der Waals surface area contributed by atoms with Crippen molar-refractivity contribution in [3.05, 3.63) is 90.0 Å². The van der Waals surface area contributed by atoms with Gasteiger partial charge in [-0.2, -0.15) is 0 Å². The first-order valence-corrected chi connectivity index (χ1v) is 11.7. The molecule has 0 heterocycles. The fourth-order valence-corrected chi connectivity index (χ4v) is 4.30. The Morgan fingerprint density at radius 3 is 2.27 bits per heavy atom. The van der Waals surface area contributed by atoms with Crippen LogP contribution in [0, 0.1) is 0 Å². The highest BCUT2D eigenvalue weighted by Crippen LogP contribution is 2.25. The largest absolute Gasteiger partial charge is 0.332 e. The zero-order valence-corrected chi connectivity index (χ0v) is 18.6. The second-order valence-corrected chi connectivity index (χ2v) is 8.61. The summed E-state index contributed by atoms with van der Waals surface area (Å²) in [6.45, 7) is -0.00679. The third kappa shape index (κ3) is 6.15. The zero-order valence-electron chi connectivity index (χ0n) is 17.0. The predicted octanol–water partition coefficient (Wildman–Crippen LogP) is 5.41. The van der Waals surface area contributed by atoms with Crippen LogP contribution in [0.4, 0.5) is 5.69 Å². The minimum Gasteiger partial charge on any atom is -0.332 e. The van der Waals surface area contributed by atoms with Gasteiger partial charge in [0.2, 0.25) is 5.91 Å². The summed E-state index contributed by atoms with van der Waals surface area (Å²) in [6.07, 6.45) is 1.96. The van der Waals surface area contributed by atoms with Crippen molar-refractivity contribution < 1.29 is 9.59 Å². The molecule has 4 nitrogen and oxygen atoms in total. The number of rotatable bonds is 8. The Morgan fingerprint density at radius 1 is 0.900 bits per heavy atom. The number of nitrogens with zero attached hydrogens (tertiary/aromatic N) is 1. The lowest BCUT2D eigenvalue weighted by Gasteiger charge is -2.18. The van der Waals surface area contributed by atoms with Crippen molar-refractivity contribution >= 4 is 41.0 Å². The van der Waals surface area contributed by atoms with E-state index in [-0.39, 0.29) is 18.4 Å². The number of hydrogen-bond acceptors (Lipinski definition) is 4. The van der Waals surface area contributed by atoms with Crippen LogP contribution in [0.5, 0.6) is 0 Å². The number of anilines is 1. The van der Waals surface area contributed by atoms with Gasteiger partial charge in [0.1, 0.15) is 0 Å². The number of nitrogens with one attached hydrogen (secondary N) is 1. The molecule has 0 aliphatic rings. The van der Waals surface area contributed by atoms with Crippen molar-refractivity contribution in [3.63, 3.8) is 0 Å². The maximum Gasteiger partial charge on any atom is 0.254 e. The molecule has 0 saturated carbocycles. The molecular formula is C24H24N2O2S2. The SMILES string of the molecule is CSc1ccccc1NC(=O)CN(C)C(=O)c1ccc(CSc2ccccc2)cc1. The Kier molecular flexibility index (Phi) is 7.99. The van der Waals surface area contributed by atoms with Gasteiger partial charge in [-0.25, -0.2) is 0 Å². The second-order valence-electron chi connectivity index (χ2n) is 6.71. The lowest BCUT2D eigenvalue weighted by molar-refractivity contribution is -0.116. The van der Waals surface area contributed by atoms with Crippen molar-refractivity contribution in [1.82, 2.24) is 4.90 Å². The number of benzene rings is 3. The Balaban J connectivity index is 1.54. The monoisotopic (exact) mass is 436 g/mol. The van der Waals surface area contributed by atoms with Crippen LogP contribution in [0.2, 0.25) is 0 Å². The standard InChI is InChI=1S/C24H24N2O2S2/c1-26(16-23(27)25-21-10-6-7-11-22(21)29-2)24(28)19-14-12-18(13-15-19)17-30-20-8-4-3-5-9-20/h3-15H,16-17H2,1-2H3,(H,25,27). The van der Waals surface area contributed by atoms with Crippen molar-refractivity contribution in [2.75, 3.05) is 25.2 Å². The molecule has 0 aliphatic heterocycles. The van der Waals surface area contributed by atoms with Crippen LogP contribution >= 0.6 is 23.5 Å². The predicted molar refractivity (Wildman–Crippen MR) is 126 cm³/mol. The molecule has 3 aromatic rings. The molecule has 0 atom stereocenters. The minimum atomic E-state index is -0.219. The minimum absolute atomic E-state index is 0.00679. The van der Waals surface area contributed by atoms with E-state index in [1.807, 2.05) is 73.0 Å². The summed E-state index contributed by atoms with van der Waals surface area (Å²) in [5.74, 6) is 0.444. The van der Waals surface area contributed by atoms with Gasteiger partial charge in [0, 0.05) is 28.2 Å². The Hall–Kier alpha value is -2.70. The highest BCUT2D eigenvalue weighted by Gasteiger charge is 2.16. The quantitative estimate of drug-likeness (QED) is 0.480. The van der Waals surface area contributed by atoms with E-state index in [4.69, 9.17) is 0 Å². The van der Waals surface area contributed by atoms with Gasteiger partial charge in [-0.05, 0) is 48.2 Å². The normalized spacial score (nSPS) is 10.5. The van der Waals surface area contributed by atoms with Crippen molar-refractivity contribution in [3.8, 4) is 0 Å². The van der Waals surface area contributed by atoms with Crippen molar-refractivity contribution in [1.29, 1.82) is 0 Å². The molecule has 3 rings (SSSR count). The van der Waals surface area contributed by atoms with Crippen LogP contribution in [-0.2, 0) is 10.5 Å². The summed E-state index contributed by atoms with van der Waals surface area (Å²) in [5.41, 5.74) is 2.48. The first-order valence-electron chi connectivity index (χ1n) is 9.52. The highest BCUT2D eigenvalue weighted by molar-refractivity contribution is 7.98. The van der Waals surface area contributed by atoms with Crippen LogP contribution in [0.15, 0.2) is 88.7 Å². The topological polar surface area (TPSA) is 49.4 Å². The molecule has 6 heteroatoms. The maximum atomic E-state index is 12.7. The number of amides is 2. The van der Waals surface area contributed by atoms with Gasteiger partial charge in [0.05, 0.1) is 12.2 Å². The number of para-hydroxylation sites is 1. The molecule has 154 valence electrons. The summed E-state index contributed by atoms with van der Waals surface area (Å²) in [7, 11) is 1.64. The fraction of sp³-hybridized carbons (Fsp3) is 0.167. The van der Waals surface area contributed by atoms with E-state index in [9.17, 15) is 9.59 Å². The first kappa shape index (κ1) is 22.0. The Morgan fingerprint density at radius 2 is 1.57 bits per heavy atom. The Bertz CT molecular complexity index is 992. The van der Waals surface area contributed by atoms with Crippen LogP contribution in [0.1, 0.15) is 15.9 Å². The van der Waals surface area contributed by atoms with Crippen LogP contribution in [-0.4, -0.2) is 36.6 Å². The van der Waals surface area contributed by atoms with Crippen molar-refractivity contribution in [2.24, 2.45) is 0 Å². The van der Waals surface area contributed by atoms with Crippen LogP contribution < -0.4 is 5.32 Å². The molecule has 0 spiro atoms. The maximum absolute atomic E-state index is 12.7. The molecule has 0 saturated heterocycles. The fourth-order valence-electron chi connectivity index (χ4n) is 2.87. The van der Waals surface area contributed by atoms with Gasteiger partial charge >= 0.3 is 0 Å². The van der Waals surface area contributed by atoms with E-state index in [1.54, 1.807) is 30.6 Å². The lowest BCUT2D eigenvalue weighted by atomic mass is 10.1. The number of carbonyl (C=O) groups excluding carboxylic acids is 2. The summed E-state index contributed by atoms with van der Waals surface area (Å²) in [6, 6.07) is 25.4. The molecule has 0 aliphatic carbocycles. The zero-order chi connectivity index (χ0) is 21.3. The summed E-state index contributed by atoms with van der Waals surface area (Å²) < 4.78 is 0. The molecule has 0 aromatic heterocycles. The first-order chi connectivity index (χ1) is 14.6. The second kappa shape index (κ2) is 10.9. The molecule has 0 fully saturated rings. The van der Waals surface area contributed by atoms with E-state index < -0.39 is 0 Å². The molecule has 0 bridgehead atoms. The van der Waals surface area contributed by atoms with E-state index in [0.29, 0.717) is 5.56 Å². The van der Waals surface area contributed by atoms with Gasteiger partial charge < -0.3 is 10.2 Å². The van der Waals surface area contributed by atoms with Gasteiger partial charge in [0.15, 0.2) is 0 Å². The van der Waals surface area contributed by atoms with Crippen molar-refractivity contribution in [2.45, 2.75) is 15.5 Å². The number of thioether (sulfide) groups is 2. The van der Waals surface area contributed by atoms with Crippen LogP contribution in [0.25, 0.3) is 0 Å².